The highest BCUT2D eigenvalue weighted by atomic mass is 79.9. The first-order valence-corrected chi connectivity index (χ1v) is 8.70. The summed E-state index contributed by atoms with van der Waals surface area (Å²) < 4.78 is 6.70. The lowest BCUT2D eigenvalue weighted by atomic mass is 9.89. The van der Waals surface area contributed by atoms with Gasteiger partial charge in [-0.05, 0) is 65.7 Å². The van der Waals surface area contributed by atoms with Gasteiger partial charge in [0.05, 0.1) is 18.8 Å². The molecule has 1 aromatic rings. The molecule has 0 saturated heterocycles. The van der Waals surface area contributed by atoms with Crippen molar-refractivity contribution >= 4 is 33.2 Å². The van der Waals surface area contributed by atoms with Crippen LogP contribution in [0, 0.1) is 5.92 Å². The van der Waals surface area contributed by atoms with Gasteiger partial charge in [0.15, 0.2) is 0 Å². The predicted molar refractivity (Wildman–Crippen MR) is 91.0 cm³/mol. The van der Waals surface area contributed by atoms with Gasteiger partial charge in [-0.1, -0.05) is 18.5 Å². The lowest BCUT2D eigenvalue weighted by molar-refractivity contribution is -0.0245. The summed E-state index contributed by atoms with van der Waals surface area (Å²) in [7, 11) is 0. The van der Waals surface area contributed by atoms with Crippen molar-refractivity contribution in [2.45, 2.75) is 44.8 Å². The van der Waals surface area contributed by atoms with Crippen molar-refractivity contribution in [3.05, 3.63) is 27.7 Å². The number of nitrogens with one attached hydrogen (secondary N) is 1. The Labute approximate surface area is 140 Å². The molecule has 0 aliphatic heterocycles. The van der Waals surface area contributed by atoms with Crippen LogP contribution in [0.25, 0.3) is 0 Å². The van der Waals surface area contributed by atoms with Crippen molar-refractivity contribution < 1.29 is 9.84 Å². The molecule has 0 aromatic heterocycles. The number of hydrogen-bond donors (Lipinski definition) is 2. The number of benzene rings is 1. The van der Waals surface area contributed by atoms with Gasteiger partial charge in [-0.25, -0.2) is 0 Å². The minimum atomic E-state index is -0.507. The highest BCUT2D eigenvalue weighted by Gasteiger charge is 2.19. The zero-order chi connectivity index (χ0) is 15.2. The largest absolute Gasteiger partial charge is 0.389 e. The highest BCUT2D eigenvalue weighted by molar-refractivity contribution is 9.10. The second-order valence-corrected chi connectivity index (χ2v) is 7.16. The van der Waals surface area contributed by atoms with E-state index in [4.69, 9.17) is 16.3 Å². The van der Waals surface area contributed by atoms with Crippen LogP contribution in [-0.2, 0) is 4.74 Å². The molecule has 1 fully saturated rings. The quantitative estimate of drug-likeness (QED) is 0.769. The van der Waals surface area contributed by atoms with Crippen LogP contribution in [0.4, 0.5) is 5.69 Å². The van der Waals surface area contributed by atoms with Gasteiger partial charge in [-0.2, -0.15) is 0 Å². The Bertz CT molecular complexity index is 450. The number of rotatable bonds is 6. The molecule has 0 heterocycles. The van der Waals surface area contributed by atoms with E-state index < -0.39 is 6.10 Å². The van der Waals surface area contributed by atoms with E-state index in [2.05, 4.69) is 28.2 Å². The summed E-state index contributed by atoms with van der Waals surface area (Å²) in [4.78, 5) is 0. The number of halogens is 2. The molecule has 21 heavy (non-hydrogen) atoms. The van der Waals surface area contributed by atoms with E-state index in [1.54, 1.807) is 0 Å². The molecule has 3 nitrogen and oxygen atoms in total. The molecule has 0 amide bonds. The van der Waals surface area contributed by atoms with Crippen molar-refractivity contribution in [3.63, 3.8) is 0 Å². The molecule has 1 aliphatic carbocycles. The van der Waals surface area contributed by atoms with Crippen LogP contribution < -0.4 is 5.32 Å². The van der Waals surface area contributed by atoms with Crippen molar-refractivity contribution in [2.75, 3.05) is 18.5 Å². The fraction of sp³-hybridized carbons (Fsp3) is 0.625. The first kappa shape index (κ1) is 17.1. The summed E-state index contributed by atoms with van der Waals surface area (Å²) in [6.07, 6.45) is 4.51. The minimum absolute atomic E-state index is 0.318. The Morgan fingerprint density at radius 2 is 2.10 bits per heavy atom. The molecule has 1 atom stereocenters. The van der Waals surface area contributed by atoms with Gasteiger partial charge in [0.25, 0.3) is 0 Å². The van der Waals surface area contributed by atoms with Crippen molar-refractivity contribution in [3.8, 4) is 0 Å². The molecular weight excluding hydrogens is 354 g/mol. The molecule has 1 aromatic carbocycles. The third-order valence-electron chi connectivity index (χ3n) is 3.95. The van der Waals surface area contributed by atoms with Gasteiger partial charge in [0.2, 0.25) is 0 Å². The van der Waals surface area contributed by atoms with Crippen LogP contribution >= 0.6 is 27.5 Å². The van der Waals surface area contributed by atoms with E-state index in [9.17, 15) is 5.11 Å². The molecule has 1 saturated carbocycles. The number of hydrogen-bond acceptors (Lipinski definition) is 3. The second kappa shape index (κ2) is 8.37. The maximum atomic E-state index is 10.0. The van der Waals surface area contributed by atoms with Gasteiger partial charge >= 0.3 is 0 Å². The molecule has 0 bridgehead atoms. The topological polar surface area (TPSA) is 41.5 Å². The van der Waals surface area contributed by atoms with Gasteiger partial charge in [0.1, 0.15) is 0 Å². The Morgan fingerprint density at radius 3 is 2.76 bits per heavy atom. The second-order valence-electron chi connectivity index (χ2n) is 5.87. The highest BCUT2D eigenvalue weighted by Crippen LogP contribution is 2.27. The molecule has 0 spiro atoms. The van der Waals surface area contributed by atoms with Crippen LogP contribution in [0.3, 0.4) is 0 Å². The zero-order valence-corrected chi connectivity index (χ0v) is 14.7. The molecule has 0 radical (unpaired) electrons. The van der Waals surface area contributed by atoms with Crippen LogP contribution in [0.15, 0.2) is 22.7 Å². The maximum Gasteiger partial charge on any atom is 0.0945 e. The molecule has 2 rings (SSSR count). The lowest BCUT2D eigenvalue weighted by Gasteiger charge is -2.27. The average Bonchev–Trinajstić information content (AvgIpc) is 2.46. The van der Waals surface area contributed by atoms with Crippen molar-refractivity contribution in [2.24, 2.45) is 5.92 Å². The summed E-state index contributed by atoms with van der Waals surface area (Å²) in [6, 6.07) is 5.54. The minimum Gasteiger partial charge on any atom is -0.389 e. The summed E-state index contributed by atoms with van der Waals surface area (Å²) in [5, 5.41) is 13.9. The number of aliphatic hydroxyl groups is 1. The van der Waals surface area contributed by atoms with Crippen molar-refractivity contribution in [1.82, 2.24) is 0 Å². The standard InChI is InChI=1S/C16H23BrClNO2/c1-11-2-5-14(6-3-11)21-10-13(20)9-19-16-7-4-12(18)8-15(16)17/h4,7-8,11,13-14,19-20H,2-3,5-6,9-10H2,1H3. The number of ether oxygens (including phenoxy) is 1. The van der Waals surface area contributed by atoms with E-state index in [1.165, 1.54) is 12.8 Å². The van der Waals surface area contributed by atoms with Gasteiger partial charge in [0, 0.05) is 21.7 Å². The number of anilines is 1. The Morgan fingerprint density at radius 1 is 1.38 bits per heavy atom. The van der Waals surface area contributed by atoms with E-state index in [0.717, 1.165) is 28.9 Å². The van der Waals surface area contributed by atoms with E-state index >= 15 is 0 Å². The molecule has 5 heteroatoms. The fourth-order valence-electron chi connectivity index (χ4n) is 2.56. The third kappa shape index (κ3) is 5.78. The molecule has 2 N–H and O–H groups in total. The SMILES string of the molecule is CC1CCC(OCC(O)CNc2ccc(Cl)cc2Br)CC1. The van der Waals surface area contributed by atoms with Crippen LogP contribution in [0.2, 0.25) is 5.02 Å². The predicted octanol–water partition coefficient (Wildman–Crippen LogP) is 4.47. The summed E-state index contributed by atoms with van der Waals surface area (Å²) in [6.45, 7) is 3.14. The monoisotopic (exact) mass is 375 g/mol. The maximum absolute atomic E-state index is 10.0. The zero-order valence-electron chi connectivity index (χ0n) is 12.3. The van der Waals surface area contributed by atoms with Crippen molar-refractivity contribution in [1.29, 1.82) is 0 Å². The summed E-state index contributed by atoms with van der Waals surface area (Å²) >= 11 is 9.34. The lowest BCUT2D eigenvalue weighted by Crippen LogP contribution is -2.29. The summed E-state index contributed by atoms with van der Waals surface area (Å²) in [5.41, 5.74) is 0.921. The van der Waals surface area contributed by atoms with Crippen LogP contribution in [0.5, 0.6) is 0 Å². The first-order chi connectivity index (χ1) is 10.0. The van der Waals surface area contributed by atoms with E-state index in [0.29, 0.717) is 24.3 Å². The Balaban J connectivity index is 1.68. The fourth-order valence-corrected chi connectivity index (χ4v) is 3.39. The average molecular weight is 377 g/mol. The number of aliphatic hydroxyl groups excluding tert-OH is 1. The van der Waals surface area contributed by atoms with Gasteiger partial charge in [-0.3, -0.25) is 0 Å². The Kier molecular flexibility index (Phi) is 6.80. The smallest absolute Gasteiger partial charge is 0.0945 e. The Hall–Kier alpha value is -0.290. The van der Waals surface area contributed by atoms with Gasteiger partial charge in [-0.15, -0.1) is 0 Å². The van der Waals surface area contributed by atoms with Crippen LogP contribution in [-0.4, -0.2) is 30.5 Å². The van der Waals surface area contributed by atoms with E-state index in [1.807, 2.05) is 18.2 Å². The molecule has 1 aliphatic rings. The van der Waals surface area contributed by atoms with E-state index in [-0.39, 0.29) is 0 Å². The summed E-state index contributed by atoms with van der Waals surface area (Å²) in [5.74, 6) is 0.818. The third-order valence-corrected chi connectivity index (χ3v) is 4.84. The molecule has 118 valence electrons. The van der Waals surface area contributed by atoms with Gasteiger partial charge < -0.3 is 15.2 Å². The normalized spacial score (nSPS) is 23.8. The first-order valence-electron chi connectivity index (χ1n) is 7.53. The molecule has 1 unspecified atom stereocenters. The van der Waals surface area contributed by atoms with Crippen LogP contribution in [0.1, 0.15) is 32.6 Å². The molecular formula is C16H23BrClNO2.